The van der Waals surface area contributed by atoms with Gasteiger partial charge in [0.1, 0.15) is 11.3 Å². The number of rotatable bonds is 4. The fraction of sp³-hybridized carbons (Fsp3) is 0. The highest BCUT2D eigenvalue weighted by Crippen LogP contribution is 2.52. The molecule has 1 heterocycles. The number of benzene rings is 9. The summed E-state index contributed by atoms with van der Waals surface area (Å²) in [7, 11) is 0. The predicted molar refractivity (Wildman–Crippen MR) is 208 cm³/mol. The van der Waals surface area contributed by atoms with E-state index in [4.69, 9.17) is 25.0 Å². The van der Waals surface area contributed by atoms with Gasteiger partial charge >= 0.3 is 0 Å². The maximum absolute atomic E-state index is 9.68. The summed E-state index contributed by atoms with van der Waals surface area (Å²) in [4.78, 5) is 0. The predicted octanol–water partition coefficient (Wildman–Crippen LogP) is 13.7. The molecular formula is C48H30O. The molecule has 0 spiro atoms. The largest absolute Gasteiger partial charge is 0.455 e. The quantitative estimate of drug-likeness (QED) is 0.137. The minimum Gasteiger partial charge on any atom is -0.455 e. The van der Waals surface area contributed by atoms with Crippen LogP contribution in [-0.2, 0) is 0 Å². The molecule has 228 valence electrons. The van der Waals surface area contributed by atoms with Crippen molar-refractivity contribution in [3.8, 4) is 44.7 Å². The van der Waals surface area contributed by atoms with Gasteiger partial charge in [-0.25, -0.2) is 0 Å². The van der Waals surface area contributed by atoms with Crippen LogP contribution >= 0.6 is 0 Å². The summed E-state index contributed by atoms with van der Waals surface area (Å²) < 4.78 is 206. The molecular weight excluding hydrogens is 593 g/mol. The molecule has 0 bridgehead atoms. The summed E-state index contributed by atoms with van der Waals surface area (Å²) in [5, 5.41) is -3.22. The maximum Gasteiger partial charge on any atom is 0.143 e. The SMILES string of the molecule is [2H]c1c([2H])c([2H])c(-c2cccc3c(-c4c5c([2H])c([2H])c([2H])c([2H])c5c(-c5ccccc5)c5c([2H])c([2H])c([2H])c([2H])c45)c(-c4c([2H])c([2H])c([2H])c5c([2H])c([2H])c6c([2H])c([2H])c([2H])c([2H])c6c45)oc23)c([2H])c1[2H]. The number of hydrogen-bond acceptors (Lipinski definition) is 1. The lowest BCUT2D eigenvalue weighted by Crippen LogP contribution is -1.92. The van der Waals surface area contributed by atoms with Crippen molar-refractivity contribution in [2.75, 3.05) is 0 Å². The Bertz CT molecular complexity index is 4020. The van der Waals surface area contributed by atoms with Crippen LogP contribution in [0.3, 0.4) is 0 Å². The minimum absolute atomic E-state index is 0.0185. The van der Waals surface area contributed by atoms with E-state index >= 15 is 0 Å². The summed E-state index contributed by atoms with van der Waals surface area (Å²) in [6.45, 7) is 0. The zero-order valence-electron chi connectivity index (χ0n) is 47.0. The van der Waals surface area contributed by atoms with Crippen LogP contribution in [0, 0.1) is 0 Å². The van der Waals surface area contributed by atoms with Crippen molar-refractivity contribution >= 4 is 54.1 Å². The Morgan fingerprint density at radius 2 is 0.980 bits per heavy atom. The zero-order valence-corrected chi connectivity index (χ0v) is 25.0. The Balaban J connectivity index is 1.60. The first-order valence-corrected chi connectivity index (χ1v) is 15.1. The summed E-state index contributed by atoms with van der Waals surface area (Å²) in [6.07, 6.45) is 0. The van der Waals surface area contributed by atoms with E-state index in [9.17, 15) is 9.60 Å². The van der Waals surface area contributed by atoms with Crippen molar-refractivity contribution in [3.63, 3.8) is 0 Å². The van der Waals surface area contributed by atoms with E-state index in [0.717, 1.165) is 0 Å². The number of hydrogen-bond donors (Lipinski definition) is 0. The van der Waals surface area contributed by atoms with Crippen molar-refractivity contribution in [1.29, 1.82) is 0 Å². The van der Waals surface area contributed by atoms with E-state index in [1.54, 1.807) is 30.3 Å². The molecule has 1 nitrogen and oxygen atoms in total. The van der Waals surface area contributed by atoms with Crippen LogP contribution in [0.1, 0.15) is 30.2 Å². The topological polar surface area (TPSA) is 13.1 Å². The summed E-state index contributed by atoms with van der Waals surface area (Å²) in [5.74, 6) is -0.580. The number of para-hydroxylation sites is 1. The third-order valence-corrected chi connectivity index (χ3v) is 8.52. The second-order valence-corrected chi connectivity index (χ2v) is 11.1. The van der Waals surface area contributed by atoms with Crippen LogP contribution in [0.4, 0.5) is 0 Å². The highest BCUT2D eigenvalue weighted by molar-refractivity contribution is 6.26. The van der Waals surface area contributed by atoms with Crippen molar-refractivity contribution in [2.45, 2.75) is 0 Å². The van der Waals surface area contributed by atoms with Gasteiger partial charge in [0.15, 0.2) is 0 Å². The van der Waals surface area contributed by atoms with Gasteiger partial charge in [0, 0.05) is 33.0 Å². The van der Waals surface area contributed by atoms with Gasteiger partial charge in [-0.15, -0.1) is 0 Å². The van der Waals surface area contributed by atoms with Crippen LogP contribution in [0.2, 0.25) is 0 Å². The molecule has 0 N–H and O–H groups in total. The molecule has 0 atom stereocenters. The Hall–Kier alpha value is -6.44. The second kappa shape index (κ2) is 11.1. The highest BCUT2D eigenvalue weighted by atomic mass is 16.3. The summed E-state index contributed by atoms with van der Waals surface area (Å²) >= 11 is 0. The molecule has 0 fully saturated rings. The standard InChI is InChI=1S/C48H30O/c1-3-15-31(16-4-1)36-26-14-28-42-46(48(49-47(36)42)41-27-13-20-34-30-29-32-17-7-8-21-35(32)43(34)41)45-39-24-11-9-22-37(39)44(33-18-5-2-6-19-33)38-23-10-12-25-40(38)45/h1-30H/i1D,3D,4D,7D,8D,9D,10D,11D,12D,13D,15D,16D,17D,20D,21D,22D,23D,24D,25D,27D,29D,30D. The molecule has 0 aliphatic rings. The van der Waals surface area contributed by atoms with Gasteiger partial charge in [-0.05, 0) is 54.4 Å². The molecule has 1 aromatic heterocycles. The molecule has 0 aliphatic heterocycles. The fourth-order valence-electron chi connectivity index (χ4n) is 6.53. The molecule has 0 amide bonds. The fourth-order valence-corrected chi connectivity index (χ4v) is 6.53. The second-order valence-electron chi connectivity index (χ2n) is 11.1. The molecule has 49 heavy (non-hydrogen) atoms. The first-order chi connectivity index (χ1) is 33.5. The summed E-state index contributed by atoms with van der Waals surface area (Å²) in [5.41, 5.74) is -1.86. The average Bonchev–Trinajstić information content (AvgIpc) is 3.74. The molecule has 9 aromatic carbocycles. The van der Waals surface area contributed by atoms with Gasteiger partial charge < -0.3 is 4.42 Å². The van der Waals surface area contributed by atoms with E-state index in [1.165, 1.54) is 18.2 Å². The van der Waals surface area contributed by atoms with Crippen LogP contribution in [0.5, 0.6) is 0 Å². The van der Waals surface area contributed by atoms with E-state index in [2.05, 4.69) is 0 Å². The van der Waals surface area contributed by atoms with E-state index in [0.29, 0.717) is 0 Å². The molecule has 10 aromatic rings. The summed E-state index contributed by atoms with van der Waals surface area (Å²) in [6, 6.07) is -4.13. The van der Waals surface area contributed by atoms with E-state index < -0.39 is 171 Å². The van der Waals surface area contributed by atoms with E-state index in [-0.39, 0.29) is 60.3 Å². The van der Waals surface area contributed by atoms with Crippen molar-refractivity contribution < 1.29 is 34.6 Å². The third kappa shape index (κ3) is 4.26. The maximum atomic E-state index is 9.68. The van der Waals surface area contributed by atoms with Gasteiger partial charge in [0.25, 0.3) is 0 Å². The molecule has 0 saturated carbocycles. The molecule has 0 aliphatic carbocycles. The lowest BCUT2D eigenvalue weighted by molar-refractivity contribution is 0.634. The average molecular weight is 645 g/mol. The van der Waals surface area contributed by atoms with Gasteiger partial charge in [-0.1, -0.05) is 181 Å². The first-order valence-electron chi connectivity index (χ1n) is 26.1. The normalized spacial score (nSPS) is 18.0. The molecule has 10 rings (SSSR count). The minimum atomic E-state index is -0.865. The van der Waals surface area contributed by atoms with Gasteiger partial charge in [-0.2, -0.15) is 0 Å². The highest BCUT2D eigenvalue weighted by Gasteiger charge is 2.26. The van der Waals surface area contributed by atoms with Crippen LogP contribution in [0.15, 0.2) is 186 Å². The first kappa shape index (κ1) is 13.6. The van der Waals surface area contributed by atoms with Gasteiger partial charge in [-0.3, -0.25) is 0 Å². The smallest absolute Gasteiger partial charge is 0.143 e. The van der Waals surface area contributed by atoms with Crippen molar-refractivity contribution in [3.05, 3.63) is 181 Å². The monoisotopic (exact) mass is 644 g/mol. The van der Waals surface area contributed by atoms with Crippen LogP contribution < -0.4 is 0 Å². The lowest BCUT2D eigenvalue weighted by atomic mass is 9.84. The van der Waals surface area contributed by atoms with Crippen LogP contribution in [-0.4, -0.2) is 0 Å². The Kier molecular flexibility index (Phi) is 3.07. The Morgan fingerprint density at radius 3 is 1.71 bits per heavy atom. The number of fused-ring (bicyclic) bond motifs is 6. The Labute approximate surface area is 315 Å². The van der Waals surface area contributed by atoms with Crippen molar-refractivity contribution in [2.24, 2.45) is 0 Å². The van der Waals surface area contributed by atoms with Crippen molar-refractivity contribution in [1.82, 2.24) is 0 Å². The third-order valence-electron chi connectivity index (χ3n) is 8.52. The molecule has 0 radical (unpaired) electrons. The van der Waals surface area contributed by atoms with Crippen LogP contribution in [0.25, 0.3) is 98.8 Å². The van der Waals surface area contributed by atoms with Gasteiger partial charge in [0.05, 0.1) is 30.2 Å². The number of furan rings is 1. The molecule has 1 heteroatoms. The Morgan fingerprint density at radius 1 is 0.367 bits per heavy atom. The zero-order chi connectivity index (χ0) is 51.5. The lowest BCUT2D eigenvalue weighted by Gasteiger charge is -2.18. The molecule has 0 unspecified atom stereocenters. The van der Waals surface area contributed by atoms with E-state index in [1.807, 2.05) is 0 Å². The molecule has 0 saturated heterocycles. The van der Waals surface area contributed by atoms with Gasteiger partial charge in [0.2, 0.25) is 0 Å².